The molecule has 14 nitrogen and oxygen atoms in total. The summed E-state index contributed by atoms with van der Waals surface area (Å²) in [6, 6.07) is -4.44. The van der Waals surface area contributed by atoms with Gasteiger partial charge in [0.25, 0.3) is 0 Å². The minimum atomic E-state index is -1.17. The highest BCUT2D eigenvalue weighted by Gasteiger charge is 2.47. The lowest BCUT2D eigenvalue weighted by atomic mass is 9.81. The number of unbranched alkanes of at least 4 members (excludes halogenated alkanes) is 1. The zero-order valence-corrected chi connectivity index (χ0v) is 30.5. The number of nitrogens with two attached hydrogens (primary N) is 1. The molecule has 2 saturated heterocycles. The van der Waals surface area contributed by atoms with Gasteiger partial charge in [-0.05, 0) is 29.1 Å². The standard InChI is InChI=1S/C34H58N6O8/c1-11-12-13-22(26(43)20(2)41)36-28(44)23-16-21(48-30(35)46)18-40(23)29(45)27(33(6,7)8)38-31(47)37-24(32(3,4)5)19-39-15-14-34(9,10)17-25(39)42/h21-24,27H,11-19H2,1-10H3,(H2,35,46)(H,36,44)(H2,37,38,47)/t21-,22?,23+,24-,27-/m1/s1. The highest BCUT2D eigenvalue weighted by atomic mass is 16.6. The van der Waals surface area contributed by atoms with Crippen molar-refractivity contribution in [1.29, 1.82) is 0 Å². The first-order valence-corrected chi connectivity index (χ1v) is 16.9. The molecule has 2 heterocycles. The molecule has 1 unspecified atom stereocenters. The topological polar surface area (TPSA) is 197 Å². The summed E-state index contributed by atoms with van der Waals surface area (Å²) in [5.74, 6) is -2.70. The van der Waals surface area contributed by atoms with Crippen LogP contribution in [0.1, 0.15) is 108 Å². The average Bonchev–Trinajstić information content (AvgIpc) is 3.35. The largest absolute Gasteiger partial charge is 0.444 e. The van der Waals surface area contributed by atoms with E-state index in [-0.39, 0.29) is 30.7 Å². The number of nitrogens with zero attached hydrogens (tertiary/aromatic N) is 2. The Morgan fingerprint density at radius 2 is 1.62 bits per heavy atom. The van der Waals surface area contributed by atoms with Gasteiger partial charge in [-0.3, -0.25) is 24.0 Å². The second kappa shape index (κ2) is 16.1. The maximum atomic E-state index is 14.2. The molecule has 272 valence electrons. The van der Waals surface area contributed by atoms with Crippen LogP contribution in [0.2, 0.25) is 0 Å². The number of ketones is 2. The highest BCUT2D eigenvalue weighted by Crippen LogP contribution is 2.32. The van der Waals surface area contributed by atoms with Crippen molar-refractivity contribution >= 4 is 41.4 Å². The molecule has 5 atom stereocenters. The fourth-order valence-corrected chi connectivity index (χ4v) is 6.00. The van der Waals surface area contributed by atoms with Gasteiger partial charge in [0.2, 0.25) is 23.5 Å². The lowest BCUT2D eigenvalue weighted by molar-refractivity contribution is -0.143. The van der Waals surface area contributed by atoms with Crippen molar-refractivity contribution in [2.45, 2.75) is 138 Å². The number of amides is 6. The molecular weight excluding hydrogens is 620 g/mol. The number of hydrogen-bond acceptors (Lipinski definition) is 8. The minimum Gasteiger partial charge on any atom is -0.444 e. The van der Waals surface area contributed by atoms with Crippen LogP contribution in [0.3, 0.4) is 0 Å². The van der Waals surface area contributed by atoms with E-state index in [1.165, 1.54) is 4.90 Å². The van der Waals surface area contributed by atoms with E-state index < -0.39 is 76.6 Å². The van der Waals surface area contributed by atoms with Crippen LogP contribution in [-0.4, -0.2) is 101 Å². The number of ether oxygens (including phenoxy) is 1. The molecule has 2 rings (SSSR count). The van der Waals surface area contributed by atoms with Crippen LogP contribution < -0.4 is 21.7 Å². The van der Waals surface area contributed by atoms with Crippen molar-refractivity contribution in [3.8, 4) is 0 Å². The summed E-state index contributed by atoms with van der Waals surface area (Å²) in [4.78, 5) is 93.5. The fraction of sp³-hybridized carbons (Fsp3) is 0.794. The van der Waals surface area contributed by atoms with E-state index in [1.807, 2.05) is 27.7 Å². The fourth-order valence-electron chi connectivity index (χ4n) is 6.00. The summed E-state index contributed by atoms with van der Waals surface area (Å²) in [6.45, 7) is 19.0. The number of rotatable bonds is 13. The van der Waals surface area contributed by atoms with E-state index in [0.717, 1.165) is 19.8 Å². The summed E-state index contributed by atoms with van der Waals surface area (Å²) < 4.78 is 5.17. The van der Waals surface area contributed by atoms with Crippen LogP contribution in [0, 0.1) is 16.2 Å². The molecule has 0 aromatic rings. The first kappa shape index (κ1) is 40.5. The summed E-state index contributed by atoms with van der Waals surface area (Å²) in [5.41, 5.74) is 3.90. The lowest BCUT2D eigenvalue weighted by Gasteiger charge is -2.41. The number of urea groups is 1. The Balaban J connectivity index is 2.32. The van der Waals surface area contributed by atoms with Crippen LogP contribution in [0.5, 0.6) is 0 Å². The van der Waals surface area contributed by atoms with E-state index in [1.54, 1.807) is 25.7 Å². The van der Waals surface area contributed by atoms with E-state index in [4.69, 9.17) is 10.5 Å². The minimum absolute atomic E-state index is 0.0264. The van der Waals surface area contributed by atoms with E-state index >= 15 is 0 Å². The molecule has 48 heavy (non-hydrogen) atoms. The Labute approximate surface area is 285 Å². The third-order valence-electron chi connectivity index (χ3n) is 9.14. The van der Waals surface area contributed by atoms with Gasteiger partial charge in [-0.25, -0.2) is 9.59 Å². The van der Waals surface area contributed by atoms with E-state index in [9.17, 15) is 33.6 Å². The average molecular weight is 679 g/mol. The maximum absolute atomic E-state index is 14.2. The SMILES string of the molecule is CCCCC(NC(=O)[C@@H]1C[C@@H](OC(N)=O)CN1C(=O)[C@@H](NC(=O)N[C@H](CN1CCC(C)(C)CC1=O)C(C)(C)C)C(C)(C)C)C(=O)C(C)=O. The van der Waals surface area contributed by atoms with Crippen LogP contribution in [0.15, 0.2) is 0 Å². The summed E-state index contributed by atoms with van der Waals surface area (Å²) in [6.07, 6.45) is 0.732. The van der Waals surface area contributed by atoms with Crippen molar-refractivity contribution in [3.63, 3.8) is 0 Å². The molecule has 2 aliphatic heterocycles. The number of likely N-dealkylation sites (tertiary alicyclic amines) is 2. The van der Waals surface area contributed by atoms with Crippen molar-refractivity contribution < 1.29 is 38.3 Å². The van der Waals surface area contributed by atoms with Crippen LogP contribution >= 0.6 is 0 Å². The summed E-state index contributed by atoms with van der Waals surface area (Å²) >= 11 is 0. The normalized spacial score (nSPS) is 21.5. The van der Waals surface area contributed by atoms with Gasteiger partial charge in [0, 0.05) is 32.9 Å². The molecule has 2 aliphatic rings. The molecule has 2 fully saturated rings. The van der Waals surface area contributed by atoms with Gasteiger partial charge in [-0.1, -0.05) is 75.2 Å². The van der Waals surface area contributed by atoms with Crippen molar-refractivity contribution in [1.82, 2.24) is 25.8 Å². The van der Waals surface area contributed by atoms with Crippen molar-refractivity contribution in [2.75, 3.05) is 19.6 Å². The van der Waals surface area contributed by atoms with E-state index in [0.29, 0.717) is 25.9 Å². The third kappa shape index (κ3) is 11.5. The zero-order chi connectivity index (χ0) is 36.8. The van der Waals surface area contributed by atoms with Gasteiger partial charge in [-0.2, -0.15) is 0 Å². The number of hydrogen-bond donors (Lipinski definition) is 4. The number of primary amides is 1. The molecule has 0 aliphatic carbocycles. The smallest absolute Gasteiger partial charge is 0.404 e. The molecule has 6 amide bonds. The zero-order valence-electron chi connectivity index (χ0n) is 30.5. The Morgan fingerprint density at radius 3 is 2.12 bits per heavy atom. The summed E-state index contributed by atoms with van der Waals surface area (Å²) in [7, 11) is 0. The van der Waals surface area contributed by atoms with Gasteiger partial charge in [0.05, 0.1) is 18.6 Å². The van der Waals surface area contributed by atoms with Gasteiger partial charge in [-0.15, -0.1) is 0 Å². The molecule has 0 bridgehead atoms. The van der Waals surface area contributed by atoms with Crippen LogP contribution in [0.25, 0.3) is 0 Å². The number of nitrogens with one attached hydrogen (secondary N) is 3. The number of Topliss-reactive ketones (excluding diaryl/α,β-unsaturated/α-hetero) is 2. The first-order valence-electron chi connectivity index (χ1n) is 16.9. The van der Waals surface area contributed by atoms with Gasteiger partial charge < -0.3 is 36.2 Å². The van der Waals surface area contributed by atoms with Gasteiger partial charge >= 0.3 is 12.1 Å². The molecule has 0 spiro atoms. The Bertz CT molecular complexity index is 1240. The maximum Gasteiger partial charge on any atom is 0.404 e. The Kier molecular flexibility index (Phi) is 13.6. The Morgan fingerprint density at radius 1 is 1.00 bits per heavy atom. The molecule has 5 N–H and O–H groups in total. The number of carbonyl (C=O) groups excluding carboxylic acids is 7. The van der Waals surface area contributed by atoms with Crippen LogP contribution in [0.4, 0.5) is 9.59 Å². The second-order valence-corrected chi connectivity index (χ2v) is 16.2. The number of carbonyl (C=O) groups is 7. The first-order chi connectivity index (χ1) is 22.0. The van der Waals surface area contributed by atoms with Gasteiger partial charge in [0.1, 0.15) is 18.2 Å². The second-order valence-electron chi connectivity index (χ2n) is 16.2. The molecule has 0 radical (unpaired) electrons. The molecule has 0 aromatic heterocycles. The lowest BCUT2D eigenvalue weighted by Crippen LogP contribution is -2.62. The van der Waals surface area contributed by atoms with Gasteiger partial charge in [0.15, 0.2) is 5.78 Å². The molecular formula is C34H58N6O8. The monoisotopic (exact) mass is 678 g/mol. The molecule has 0 saturated carbocycles. The highest BCUT2D eigenvalue weighted by molar-refractivity contribution is 6.38. The third-order valence-corrected chi connectivity index (χ3v) is 9.14. The quantitative estimate of drug-likeness (QED) is 0.213. The predicted molar refractivity (Wildman–Crippen MR) is 179 cm³/mol. The summed E-state index contributed by atoms with van der Waals surface area (Å²) in [5, 5.41) is 8.42. The van der Waals surface area contributed by atoms with E-state index in [2.05, 4.69) is 29.8 Å². The van der Waals surface area contributed by atoms with Crippen LogP contribution in [-0.2, 0) is 28.7 Å². The number of piperidine rings is 1. The predicted octanol–water partition coefficient (Wildman–Crippen LogP) is 2.66. The Hall–Kier alpha value is -3.71. The van der Waals surface area contributed by atoms with Crippen molar-refractivity contribution in [2.24, 2.45) is 22.0 Å². The molecule has 14 heteroatoms. The van der Waals surface area contributed by atoms with Crippen molar-refractivity contribution in [3.05, 3.63) is 0 Å². The molecule has 0 aromatic carbocycles.